The van der Waals surface area contributed by atoms with Crippen LogP contribution in [0.1, 0.15) is 15.9 Å². The number of carbonyl (C=O) groups excluding carboxylic acids is 1. The fraction of sp³-hybridized carbons (Fsp3) is 0.0909. The van der Waals surface area contributed by atoms with E-state index in [9.17, 15) is 9.18 Å². The third kappa shape index (κ3) is 2.92. The smallest absolute Gasteiger partial charge is 0.337 e. The average molecular weight is 205 g/mol. The molecule has 0 amide bonds. The van der Waals surface area contributed by atoms with Gasteiger partial charge in [0.05, 0.1) is 12.7 Å². The van der Waals surface area contributed by atoms with Gasteiger partial charge < -0.3 is 4.74 Å². The highest BCUT2D eigenvalue weighted by Gasteiger charge is 2.03. The highest BCUT2D eigenvalue weighted by Crippen LogP contribution is 2.10. The Morgan fingerprint density at radius 1 is 1.47 bits per heavy atom. The lowest BCUT2D eigenvalue weighted by Gasteiger charge is -1.98. The molecule has 0 saturated carbocycles. The summed E-state index contributed by atoms with van der Waals surface area (Å²) in [6.07, 6.45) is 1.08. The largest absolute Gasteiger partial charge is 0.465 e. The van der Waals surface area contributed by atoms with Crippen LogP contribution in [-0.4, -0.2) is 13.1 Å². The Balaban J connectivity index is 2.92. The number of nitrogens with zero attached hydrogens (tertiary/aromatic N) is 1. The van der Waals surface area contributed by atoms with Gasteiger partial charge in [0.1, 0.15) is 6.07 Å². The van der Waals surface area contributed by atoms with Crippen LogP contribution in [0, 0.1) is 11.3 Å². The van der Waals surface area contributed by atoms with Gasteiger partial charge in [-0.1, -0.05) is 12.1 Å². The minimum Gasteiger partial charge on any atom is -0.465 e. The van der Waals surface area contributed by atoms with Crippen molar-refractivity contribution >= 4 is 12.0 Å². The summed E-state index contributed by atoms with van der Waals surface area (Å²) in [4.78, 5) is 11.0. The van der Waals surface area contributed by atoms with E-state index < -0.39 is 11.8 Å². The molecule has 0 N–H and O–H groups in total. The number of benzene rings is 1. The van der Waals surface area contributed by atoms with E-state index in [0.29, 0.717) is 11.1 Å². The molecule has 0 aliphatic carbocycles. The molecule has 76 valence electrons. The van der Waals surface area contributed by atoms with Crippen molar-refractivity contribution in [1.29, 1.82) is 5.26 Å². The molecule has 0 fully saturated rings. The Kier molecular flexibility index (Phi) is 3.58. The summed E-state index contributed by atoms with van der Waals surface area (Å²) < 4.78 is 17.0. The molecule has 0 atom stereocenters. The van der Waals surface area contributed by atoms with Crippen LogP contribution in [0.25, 0.3) is 6.08 Å². The van der Waals surface area contributed by atoms with Crippen molar-refractivity contribution in [3.05, 3.63) is 41.2 Å². The maximum Gasteiger partial charge on any atom is 0.337 e. The minimum atomic E-state index is -0.874. The molecule has 0 spiro atoms. The van der Waals surface area contributed by atoms with Crippen molar-refractivity contribution in [2.75, 3.05) is 7.11 Å². The van der Waals surface area contributed by atoms with Gasteiger partial charge in [0, 0.05) is 0 Å². The number of allylic oxidation sites excluding steroid dienone is 1. The second-order valence-corrected chi connectivity index (χ2v) is 2.72. The predicted molar refractivity (Wildman–Crippen MR) is 52.5 cm³/mol. The van der Waals surface area contributed by atoms with Gasteiger partial charge in [0.2, 0.25) is 5.83 Å². The zero-order chi connectivity index (χ0) is 11.3. The summed E-state index contributed by atoms with van der Waals surface area (Å²) in [6.45, 7) is 0. The zero-order valence-corrected chi connectivity index (χ0v) is 8.03. The van der Waals surface area contributed by atoms with E-state index in [1.54, 1.807) is 0 Å². The molecular weight excluding hydrogens is 197 g/mol. The predicted octanol–water partition coefficient (Wildman–Crippen LogP) is 2.31. The molecule has 15 heavy (non-hydrogen) atoms. The normalized spacial score (nSPS) is 10.6. The molecule has 0 heterocycles. The summed E-state index contributed by atoms with van der Waals surface area (Å²) in [5, 5.41) is 8.21. The molecule has 0 radical (unpaired) electrons. The van der Waals surface area contributed by atoms with Crippen molar-refractivity contribution in [2.45, 2.75) is 0 Å². The van der Waals surface area contributed by atoms with E-state index in [4.69, 9.17) is 5.26 Å². The van der Waals surface area contributed by atoms with Crippen LogP contribution < -0.4 is 0 Å². The average Bonchev–Trinajstić information content (AvgIpc) is 2.29. The SMILES string of the molecule is COC(=O)c1ccc(/C=C(/F)C#N)cc1. The second-order valence-electron chi connectivity index (χ2n) is 2.72. The van der Waals surface area contributed by atoms with Crippen LogP contribution in [0.4, 0.5) is 4.39 Å². The molecule has 0 bridgehead atoms. The van der Waals surface area contributed by atoms with Gasteiger partial charge in [0.25, 0.3) is 0 Å². The lowest BCUT2D eigenvalue weighted by Crippen LogP contribution is -2.00. The molecule has 1 rings (SSSR count). The molecule has 0 aromatic heterocycles. The minimum absolute atomic E-state index is 0.381. The summed E-state index contributed by atoms with van der Waals surface area (Å²) in [6, 6.07) is 7.43. The van der Waals surface area contributed by atoms with E-state index in [1.807, 2.05) is 0 Å². The standard InChI is InChI=1S/C11H8FNO2/c1-15-11(14)9-4-2-8(3-5-9)6-10(12)7-13/h2-6H,1H3/b10-6+. The Hall–Kier alpha value is -2.15. The second kappa shape index (κ2) is 4.91. The number of hydrogen-bond acceptors (Lipinski definition) is 3. The third-order valence-corrected chi connectivity index (χ3v) is 1.73. The zero-order valence-electron chi connectivity index (χ0n) is 8.03. The number of rotatable bonds is 2. The maximum absolute atomic E-state index is 12.6. The first-order valence-electron chi connectivity index (χ1n) is 4.13. The lowest BCUT2D eigenvalue weighted by atomic mass is 10.1. The van der Waals surface area contributed by atoms with Crippen LogP contribution in [-0.2, 0) is 4.74 Å². The maximum atomic E-state index is 12.6. The molecule has 1 aromatic rings. The van der Waals surface area contributed by atoms with E-state index in [1.165, 1.54) is 37.4 Å². The number of esters is 1. The van der Waals surface area contributed by atoms with Crippen molar-refractivity contribution in [3.63, 3.8) is 0 Å². The van der Waals surface area contributed by atoms with Gasteiger partial charge in [-0.3, -0.25) is 0 Å². The Morgan fingerprint density at radius 3 is 2.53 bits per heavy atom. The number of carbonyl (C=O) groups is 1. The number of halogens is 1. The van der Waals surface area contributed by atoms with Crippen LogP contribution in [0.5, 0.6) is 0 Å². The molecule has 0 saturated heterocycles. The number of nitriles is 1. The van der Waals surface area contributed by atoms with E-state index in [-0.39, 0.29) is 0 Å². The number of hydrogen-bond donors (Lipinski definition) is 0. The van der Waals surface area contributed by atoms with Gasteiger partial charge in [-0.25, -0.2) is 4.79 Å². The van der Waals surface area contributed by atoms with Gasteiger partial charge in [-0.05, 0) is 23.8 Å². The Morgan fingerprint density at radius 2 is 2.07 bits per heavy atom. The quantitative estimate of drug-likeness (QED) is 0.549. The summed E-state index contributed by atoms with van der Waals surface area (Å²) in [5.41, 5.74) is 0.897. The highest BCUT2D eigenvalue weighted by molar-refractivity contribution is 5.89. The van der Waals surface area contributed by atoms with Crippen molar-refractivity contribution < 1.29 is 13.9 Å². The van der Waals surface area contributed by atoms with Crippen LogP contribution in [0.3, 0.4) is 0 Å². The van der Waals surface area contributed by atoms with Gasteiger partial charge in [-0.2, -0.15) is 9.65 Å². The summed E-state index contributed by atoms with van der Waals surface area (Å²) in [7, 11) is 1.28. The Bertz CT molecular complexity index is 429. The number of ether oxygens (including phenoxy) is 1. The number of methoxy groups -OCH3 is 1. The molecule has 1 aromatic carbocycles. The van der Waals surface area contributed by atoms with Crippen LogP contribution in [0.2, 0.25) is 0 Å². The topological polar surface area (TPSA) is 50.1 Å². The monoisotopic (exact) mass is 205 g/mol. The first-order valence-corrected chi connectivity index (χ1v) is 4.13. The van der Waals surface area contributed by atoms with E-state index in [0.717, 1.165) is 6.08 Å². The van der Waals surface area contributed by atoms with Gasteiger partial charge in [0.15, 0.2) is 0 Å². The van der Waals surface area contributed by atoms with Crippen molar-refractivity contribution in [1.82, 2.24) is 0 Å². The Labute approximate surface area is 86.4 Å². The van der Waals surface area contributed by atoms with E-state index in [2.05, 4.69) is 4.74 Å². The third-order valence-electron chi connectivity index (χ3n) is 1.73. The molecule has 4 heteroatoms. The molecule has 0 aliphatic rings. The van der Waals surface area contributed by atoms with Crippen molar-refractivity contribution in [2.24, 2.45) is 0 Å². The molecule has 3 nitrogen and oxygen atoms in total. The molecule has 0 aliphatic heterocycles. The first kappa shape index (κ1) is 10.9. The fourth-order valence-corrected chi connectivity index (χ4v) is 1.01. The van der Waals surface area contributed by atoms with Gasteiger partial charge in [-0.15, -0.1) is 0 Å². The van der Waals surface area contributed by atoms with Crippen molar-refractivity contribution in [3.8, 4) is 6.07 Å². The summed E-state index contributed by atoms with van der Waals surface area (Å²) in [5.74, 6) is -1.33. The molecule has 0 unspecified atom stereocenters. The lowest BCUT2D eigenvalue weighted by molar-refractivity contribution is 0.0601. The van der Waals surface area contributed by atoms with Gasteiger partial charge >= 0.3 is 5.97 Å². The first-order chi connectivity index (χ1) is 7.17. The van der Waals surface area contributed by atoms with Crippen LogP contribution >= 0.6 is 0 Å². The summed E-state index contributed by atoms with van der Waals surface area (Å²) >= 11 is 0. The van der Waals surface area contributed by atoms with Crippen LogP contribution in [0.15, 0.2) is 30.1 Å². The highest BCUT2D eigenvalue weighted by atomic mass is 19.1. The van der Waals surface area contributed by atoms with E-state index >= 15 is 0 Å². The molecular formula is C11H8FNO2. The fourth-order valence-electron chi connectivity index (χ4n) is 1.01.